The third-order valence-electron chi connectivity index (χ3n) is 3.66. The van der Waals surface area contributed by atoms with Gasteiger partial charge in [0.2, 0.25) is 5.92 Å². The summed E-state index contributed by atoms with van der Waals surface area (Å²) in [7, 11) is 0. The SMILES string of the molecule is FC1(F)CCC(c2nc3ccccc3nc2Cl)CC1. The van der Waals surface area contributed by atoms with Gasteiger partial charge < -0.3 is 0 Å². The molecule has 1 heterocycles. The number of halogens is 3. The molecule has 1 aliphatic carbocycles. The number of hydrogen-bond acceptors (Lipinski definition) is 2. The lowest BCUT2D eigenvalue weighted by Gasteiger charge is -2.28. The van der Waals surface area contributed by atoms with E-state index in [0.717, 1.165) is 11.0 Å². The zero-order valence-electron chi connectivity index (χ0n) is 10.2. The van der Waals surface area contributed by atoms with Crippen LogP contribution in [0.15, 0.2) is 24.3 Å². The molecule has 5 heteroatoms. The van der Waals surface area contributed by atoms with Gasteiger partial charge in [-0.1, -0.05) is 23.7 Å². The Bertz CT molecular complexity index is 605. The van der Waals surface area contributed by atoms with Crippen LogP contribution in [0.2, 0.25) is 5.15 Å². The van der Waals surface area contributed by atoms with Gasteiger partial charge in [0.05, 0.1) is 16.7 Å². The normalized spacial score (nSPS) is 19.7. The van der Waals surface area contributed by atoms with Gasteiger partial charge >= 0.3 is 0 Å². The summed E-state index contributed by atoms with van der Waals surface area (Å²) in [6.45, 7) is 0. The molecule has 19 heavy (non-hydrogen) atoms. The van der Waals surface area contributed by atoms with E-state index in [2.05, 4.69) is 9.97 Å². The maximum atomic E-state index is 13.2. The zero-order chi connectivity index (χ0) is 13.5. The number of hydrogen-bond donors (Lipinski definition) is 0. The lowest BCUT2D eigenvalue weighted by Crippen LogP contribution is -2.24. The molecule has 0 unspecified atom stereocenters. The van der Waals surface area contributed by atoms with Gasteiger partial charge in [-0.15, -0.1) is 0 Å². The highest BCUT2D eigenvalue weighted by Gasteiger charge is 2.36. The summed E-state index contributed by atoms with van der Waals surface area (Å²) < 4.78 is 26.4. The van der Waals surface area contributed by atoms with Crippen molar-refractivity contribution in [1.29, 1.82) is 0 Å². The molecule has 0 N–H and O–H groups in total. The second-order valence-electron chi connectivity index (χ2n) is 5.02. The Labute approximate surface area is 114 Å². The Balaban J connectivity index is 1.95. The summed E-state index contributed by atoms with van der Waals surface area (Å²) in [4.78, 5) is 8.81. The highest BCUT2D eigenvalue weighted by molar-refractivity contribution is 6.30. The third-order valence-corrected chi connectivity index (χ3v) is 3.93. The van der Waals surface area contributed by atoms with Gasteiger partial charge in [-0.2, -0.15) is 0 Å². The van der Waals surface area contributed by atoms with Crippen LogP contribution in [0.4, 0.5) is 8.78 Å². The molecule has 0 aliphatic heterocycles. The summed E-state index contributed by atoms with van der Waals surface area (Å²) >= 11 is 6.15. The Morgan fingerprint density at radius 1 is 1.05 bits per heavy atom. The quantitative estimate of drug-likeness (QED) is 0.765. The minimum atomic E-state index is -2.53. The number of nitrogens with zero attached hydrogens (tertiary/aromatic N) is 2. The number of alkyl halides is 2. The lowest BCUT2D eigenvalue weighted by atomic mass is 9.85. The summed E-state index contributed by atoms with van der Waals surface area (Å²) in [5.74, 6) is -2.54. The summed E-state index contributed by atoms with van der Waals surface area (Å²) in [5.41, 5.74) is 2.16. The molecule has 0 radical (unpaired) electrons. The highest BCUT2D eigenvalue weighted by Crippen LogP contribution is 2.41. The van der Waals surface area contributed by atoms with Crippen LogP contribution >= 0.6 is 11.6 Å². The van der Waals surface area contributed by atoms with Gasteiger partial charge in [-0.25, -0.2) is 18.7 Å². The maximum absolute atomic E-state index is 13.2. The van der Waals surface area contributed by atoms with Crippen molar-refractivity contribution >= 4 is 22.6 Å². The number of fused-ring (bicyclic) bond motifs is 1. The molecule has 2 aromatic rings. The summed E-state index contributed by atoms with van der Waals surface area (Å²) in [6, 6.07) is 7.45. The number of rotatable bonds is 1. The minimum absolute atomic E-state index is 0.00997. The van der Waals surface area contributed by atoms with Gasteiger partial charge in [0.25, 0.3) is 0 Å². The van der Waals surface area contributed by atoms with E-state index < -0.39 is 5.92 Å². The van der Waals surface area contributed by atoms with E-state index in [1.165, 1.54) is 0 Å². The second-order valence-corrected chi connectivity index (χ2v) is 5.38. The molecular formula is C14H13ClF2N2. The molecule has 1 fully saturated rings. The summed E-state index contributed by atoms with van der Waals surface area (Å²) in [6.07, 6.45) is 0.643. The van der Waals surface area contributed by atoms with Gasteiger partial charge in [0.1, 0.15) is 0 Å². The molecule has 1 aliphatic rings. The largest absolute Gasteiger partial charge is 0.248 e. The molecular weight excluding hydrogens is 270 g/mol. The molecule has 100 valence electrons. The first kappa shape index (κ1) is 12.7. The van der Waals surface area contributed by atoms with Crippen molar-refractivity contribution in [2.24, 2.45) is 0 Å². The van der Waals surface area contributed by atoms with Crippen molar-refractivity contribution in [2.45, 2.75) is 37.5 Å². The van der Waals surface area contributed by atoms with E-state index in [1.54, 1.807) is 0 Å². The first-order chi connectivity index (χ1) is 9.05. The van der Waals surface area contributed by atoms with Crippen LogP contribution in [0.5, 0.6) is 0 Å². The standard InChI is InChI=1S/C14H13ClF2N2/c15-13-12(9-5-7-14(16,17)8-6-9)18-10-3-1-2-4-11(10)19-13/h1-4,9H,5-8H2. The van der Waals surface area contributed by atoms with Crippen LogP contribution in [0.1, 0.15) is 37.3 Å². The Morgan fingerprint density at radius 2 is 1.63 bits per heavy atom. The fraction of sp³-hybridized carbons (Fsp3) is 0.429. The van der Waals surface area contributed by atoms with Crippen molar-refractivity contribution in [3.8, 4) is 0 Å². The van der Waals surface area contributed by atoms with Crippen molar-refractivity contribution in [3.63, 3.8) is 0 Å². The predicted molar refractivity (Wildman–Crippen MR) is 70.7 cm³/mol. The zero-order valence-corrected chi connectivity index (χ0v) is 11.0. The fourth-order valence-electron chi connectivity index (χ4n) is 2.57. The van der Waals surface area contributed by atoms with Crippen molar-refractivity contribution < 1.29 is 8.78 Å². The van der Waals surface area contributed by atoms with Crippen LogP contribution in [0, 0.1) is 0 Å². The van der Waals surface area contributed by atoms with Crippen LogP contribution in [0.3, 0.4) is 0 Å². The number of aromatic nitrogens is 2. The van der Waals surface area contributed by atoms with Crippen molar-refractivity contribution in [2.75, 3.05) is 0 Å². The first-order valence-electron chi connectivity index (χ1n) is 6.35. The first-order valence-corrected chi connectivity index (χ1v) is 6.73. The molecule has 1 saturated carbocycles. The number of benzene rings is 1. The van der Waals surface area contributed by atoms with Crippen LogP contribution in [0.25, 0.3) is 11.0 Å². The molecule has 0 amide bonds. The van der Waals surface area contributed by atoms with Crippen molar-refractivity contribution in [1.82, 2.24) is 9.97 Å². The van der Waals surface area contributed by atoms with Crippen LogP contribution in [-0.4, -0.2) is 15.9 Å². The van der Waals surface area contributed by atoms with Gasteiger partial charge in [0.15, 0.2) is 5.15 Å². The van der Waals surface area contributed by atoms with Crippen LogP contribution in [-0.2, 0) is 0 Å². The smallest absolute Gasteiger partial charge is 0.248 e. The molecule has 1 aromatic heterocycles. The van der Waals surface area contributed by atoms with E-state index in [4.69, 9.17) is 11.6 Å². The van der Waals surface area contributed by atoms with E-state index in [0.29, 0.717) is 23.7 Å². The molecule has 0 saturated heterocycles. The second kappa shape index (κ2) is 4.67. The lowest BCUT2D eigenvalue weighted by molar-refractivity contribution is -0.0384. The Kier molecular flexibility index (Phi) is 3.13. The number of para-hydroxylation sites is 2. The Hall–Kier alpha value is -1.29. The molecule has 0 spiro atoms. The van der Waals surface area contributed by atoms with Gasteiger partial charge in [-0.05, 0) is 25.0 Å². The topological polar surface area (TPSA) is 25.8 Å². The molecule has 2 nitrogen and oxygen atoms in total. The van der Waals surface area contributed by atoms with Crippen molar-refractivity contribution in [3.05, 3.63) is 35.1 Å². The molecule has 3 rings (SSSR count). The molecule has 0 atom stereocenters. The highest BCUT2D eigenvalue weighted by atomic mass is 35.5. The average molecular weight is 283 g/mol. The van der Waals surface area contributed by atoms with Crippen LogP contribution < -0.4 is 0 Å². The van der Waals surface area contributed by atoms with E-state index in [1.807, 2.05) is 24.3 Å². The van der Waals surface area contributed by atoms with E-state index in [9.17, 15) is 8.78 Å². The van der Waals surface area contributed by atoms with E-state index in [-0.39, 0.29) is 18.8 Å². The molecule has 0 bridgehead atoms. The van der Waals surface area contributed by atoms with E-state index >= 15 is 0 Å². The van der Waals surface area contributed by atoms with Gasteiger partial charge in [-0.3, -0.25) is 0 Å². The molecule has 1 aromatic carbocycles. The predicted octanol–water partition coefficient (Wildman–Crippen LogP) is 4.58. The Morgan fingerprint density at radius 3 is 2.26 bits per heavy atom. The minimum Gasteiger partial charge on any atom is -0.248 e. The van der Waals surface area contributed by atoms with Gasteiger partial charge in [0, 0.05) is 18.8 Å². The average Bonchev–Trinajstić information content (AvgIpc) is 2.38. The maximum Gasteiger partial charge on any atom is 0.248 e. The monoisotopic (exact) mass is 282 g/mol. The fourth-order valence-corrected chi connectivity index (χ4v) is 2.85. The summed E-state index contributed by atoms with van der Waals surface area (Å²) in [5, 5.41) is 0.342. The third kappa shape index (κ3) is 2.54.